The van der Waals surface area contributed by atoms with Crippen LogP contribution >= 0.6 is 0 Å². The highest BCUT2D eigenvalue weighted by molar-refractivity contribution is 5.93. The number of nitriles is 1. The summed E-state index contributed by atoms with van der Waals surface area (Å²) in [7, 11) is 0. The number of rotatable bonds is 9. The van der Waals surface area contributed by atoms with Crippen molar-refractivity contribution < 1.29 is 9.32 Å². The Bertz CT molecular complexity index is 1550. The molecular formula is C26H25N7O4. The van der Waals surface area contributed by atoms with E-state index in [9.17, 15) is 14.4 Å². The molecule has 0 aliphatic rings. The van der Waals surface area contributed by atoms with E-state index < -0.39 is 11.2 Å². The van der Waals surface area contributed by atoms with E-state index >= 15 is 0 Å². The predicted octanol–water partition coefficient (Wildman–Crippen LogP) is 2.65. The Morgan fingerprint density at radius 3 is 2.51 bits per heavy atom. The van der Waals surface area contributed by atoms with Crippen LogP contribution in [0.3, 0.4) is 0 Å². The second kappa shape index (κ2) is 11.3. The third-order valence-corrected chi connectivity index (χ3v) is 5.70. The summed E-state index contributed by atoms with van der Waals surface area (Å²) in [6, 6.07) is 18.3. The van der Waals surface area contributed by atoms with Crippen molar-refractivity contribution in [3.05, 3.63) is 86.9 Å². The van der Waals surface area contributed by atoms with Crippen molar-refractivity contribution in [3.63, 3.8) is 0 Å². The first-order valence-electron chi connectivity index (χ1n) is 11.8. The van der Waals surface area contributed by atoms with Gasteiger partial charge >= 0.3 is 5.69 Å². The maximum atomic E-state index is 13.0. The number of amides is 1. The lowest BCUT2D eigenvalue weighted by molar-refractivity contribution is -0.118. The number of carbonyl (C=O) groups is 1. The zero-order chi connectivity index (χ0) is 26.4. The predicted molar refractivity (Wildman–Crippen MR) is 135 cm³/mol. The van der Waals surface area contributed by atoms with Crippen molar-refractivity contribution in [2.24, 2.45) is 0 Å². The molecule has 37 heavy (non-hydrogen) atoms. The molecule has 0 fully saturated rings. The molecule has 2 aromatic carbocycles. The van der Waals surface area contributed by atoms with Gasteiger partial charge in [0.1, 0.15) is 0 Å². The molecule has 0 saturated carbocycles. The second-order valence-electron chi connectivity index (χ2n) is 8.23. The lowest BCUT2D eigenvalue weighted by Gasteiger charge is -2.21. The molecule has 0 spiro atoms. The van der Waals surface area contributed by atoms with E-state index in [-0.39, 0.29) is 55.7 Å². The van der Waals surface area contributed by atoms with Crippen molar-refractivity contribution in [3.8, 4) is 23.3 Å². The first-order chi connectivity index (χ1) is 17.9. The molecule has 0 saturated heterocycles. The number of hydrogen-bond acceptors (Lipinski definition) is 8. The van der Waals surface area contributed by atoms with Crippen LogP contribution in [0.1, 0.15) is 31.2 Å². The third-order valence-electron chi connectivity index (χ3n) is 5.70. The largest absolute Gasteiger partial charge is 0.352 e. The highest BCUT2D eigenvalue weighted by atomic mass is 16.5. The Balaban J connectivity index is 1.59. The molecule has 4 rings (SSSR count). The van der Waals surface area contributed by atoms with Crippen LogP contribution in [0.5, 0.6) is 0 Å². The van der Waals surface area contributed by atoms with E-state index in [0.717, 1.165) is 14.8 Å². The van der Waals surface area contributed by atoms with Gasteiger partial charge in [-0.3, -0.25) is 14.2 Å². The summed E-state index contributed by atoms with van der Waals surface area (Å²) < 4.78 is 7.48. The van der Waals surface area contributed by atoms with Crippen LogP contribution in [0.2, 0.25) is 0 Å². The third kappa shape index (κ3) is 5.54. The molecule has 0 aliphatic carbocycles. The minimum atomic E-state index is -0.633. The van der Waals surface area contributed by atoms with Crippen molar-refractivity contribution in [1.29, 1.82) is 5.26 Å². The number of aryl methyl sites for hydroxylation is 2. The van der Waals surface area contributed by atoms with Crippen LogP contribution in [0.25, 0.3) is 17.2 Å². The molecule has 2 aromatic heterocycles. The van der Waals surface area contributed by atoms with E-state index in [0.29, 0.717) is 11.4 Å². The summed E-state index contributed by atoms with van der Waals surface area (Å²) in [5.74, 6) is -0.130. The molecule has 0 unspecified atom stereocenters. The molecule has 0 atom stereocenters. The van der Waals surface area contributed by atoms with Crippen LogP contribution in [0.4, 0.5) is 5.69 Å². The zero-order valence-electron chi connectivity index (χ0n) is 20.5. The zero-order valence-corrected chi connectivity index (χ0v) is 20.5. The van der Waals surface area contributed by atoms with Crippen molar-refractivity contribution in [2.45, 2.75) is 39.7 Å². The number of carbonyl (C=O) groups excluding carboxylic acids is 1. The van der Waals surface area contributed by atoms with Crippen molar-refractivity contribution in [2.75, 3.05) is 11.4 Å². The van der Waals surface area contributed by atoms with Crippen LogP contribution in [-0.2, 0) is 17.8 Å². The lowest BCUT2D eigenvalue weighted by atomic mass is 10.2. The summed E-state index contributed by atoms with van der Waals surface area (Å²) in [5, 5.41) is 17.1. The fourth-order valence-corrected chi connectivity index (χ4v) is 3.76. The van der Waals surface area contributed by atoms with Crippen molar-refractivity contribution >= 4 is 11.6 Å². The van der Waals surface area contributed by atoms with Crippen molar-refractivity contribution in [1.82, 2.24) is 24.5 Å². The Morgan fingerprint density at radius 1 is 1.11 bits per heavy atom. The molecule has 0 aliphatic heterocycles. The Morgan fingerprint density at radius 2 is 1.84 bits per heavy atom. The normalized spacial score (nSPS) is 10.7. The number of anilines is 1. The first-order valence-corrected chi connectivity index (χ1v) is 11.8. The Hall–Kier alpha value is -4.85. The van der Waals surface area contributed by atoms with Gasteiger partial charge in [0.15, 0.2) is 5.69 Å². The van der Waals surface area contributed by atoms with Gasteiger partial charge < -0.3 is 9.42 Å². The van der Waals surface area contributed by atoms with Crippen LogP contribution < -0.4 is 16.1 Å². The second-order valence-corrected chi connectivity index (χ2v) is 8.23. The van der Waals surface area contributed by atoms with Crippen LogP contribution in [0.15, 0.2) is 68.7 Å². The Labute approximate surface area is 212 Å². The van der Waals surface area contributed by atoms with Gasteiger partial charge in [0.05, 0.1) is 18.2 Å². The quantitative estimate of drug-likeness (QED) is 0.342. The van der Waals surface area contributed by atoms with Gasteiger partial charge in [-0.15, -0.1) is 0 Å². The summed E-state index contributed by atoms with van der Waals surface area (Å²) in [4.78, 5) is 44.6. The summed E-state index contributed by atoms with van der Waals surface area (Å²) >= 11 is 0. The molecule has 0 N–H and O–H groups in total. The van der Waals surface area contributed by atoms with E-state index in [2.05, 4.69) is 21.3 Å². The van der Waals surface area contributed by atoms with Gasteiger partial charge in [-0.1, -0.05) is 41.1 Å². The summed E-state index contributed by atoms with van der Waals surface area (Å²) in [5.41, 5.74) is 0.849. The van der Waals surface area contributed by atoms with E-state index in [4.69, 9.17) is 9.78 Å². The topological polar surface area (TPSA) is 140 Å². The molecule has 0 radical (unpaired) electrons. The molecule has 2 heterocycles. The van der Waals surface area contributed by atoms with Gasteiger partial charge in [0.25, 0.3) is 5.56 Å². The standard InChI is InChI=1S/C26H25N7O4/c1-3-31-25(35)23(29-33(26(31)36)20-12-10-18(2)11-13-20)24-28-21(37-30-24)14-15-22(34)32(17-7-16-27)19-8-5-4-6-9-19/h4-6,8-13H,3,7,14-15,17H2,1-2H3. The van der Waals surface area contributed by atoms with Gasteiger partial charge in [-0.2, -0.15) is 20.0 Å². The number of nitrogens with zero attached hydrogens (tertiary/aromatic N) is 7. The molecule has 0 bridgehead atoms. The molecule has 188 valence electrons. The number of hydrogen-bond donors (Lipinski definition) is 0. The summed E-state index contributed by atoms with van der Waals surface area (Å²) in [6.45, 7) is 4.00. The molecule has 4 aromatic rings. The number of benzene rings is 2. The van der Waals surface area contributed by atoms with E-state index in [1.165, 1.54) is 0 Å². The van der Waals surface area contributed by atoms with Gasteiger partial charge in [-0.05, 0) is 38.1 Å². The minimum Gasteiger partial charge on any atom is -0.339 e. The number of aromatic nitrogens is 5. The average Bonchev–Trinajstić information content (AvgIpc) is 3.38. The highest BCUT2D eigenvalue weighted by Gasteiger charge is 2.21. The highest BCUT2D eigenvalue weighted by Crippen LogP contribution is 2.17. The average molecular weight is 500 g/mol. The van der Waals surface area contributed by atoms with Gasteiger partial charge in [0.2, 0.25) is 17.6 Å². The molecule has 11 heteroatoms. The summed E-state index contributed by atoms with van der Waals surface area (Å²) in [6.07, 6.45) is 0.371. The monoisotopic (exact) mass is 499 g/mol. The van der Waals surface area contributed by atoms with Crippen LogP contribution in [0, 0.1) is 18.3 Å². The first kappa shape index (κ1) is 25.2. The SMILES string of the molecule is CCn1c(=O)c(-c2noc(CCC(=O)N(CCC#N)c3ccccc3)n2)nn(-c2ccc(C)cc2)c1=O. The molecule has 1 amide bonds. The fourth-order valence-electron chi connectivity index (χ4n) is 3.76. The molecular weight excluding hydrogens is 474 g/mol. The number of para-hydroxylation sites is 1. The van der Waals surface area contributed by atoms with Crippen LogP contribution in [-0.4, -0.2) is 36.9 Å². The lowest BCUT2D eigenvalue weighted by Crippen LogP contribution is -2.41. The smallest absolute Gasteiger partial charge is 0.339 e. The Kier molecular flexibility index (Phi) is 7.68. The maximum absolute atomic E-state index is 13.0. The molecule has 11 nitrogen and oxygen atoms in total. The van der Waals surface area contributed by atoms with Gasteiger partial charge in [0, 0.05) is 31.6 Å². The maximum Gasteiger partial charge on any atom is 0.352 e. The van der Waals surface area contributed by atoms with Gasteiger partial charge in [-0.25, -0.2) is 4.79 Å². The van der Waals surface area contributed by atoms with E-state index in [1.54, 1.807) is 36.1 Å². The fraction of sp³-hybridized carbons (Fsp3) is 0.269. The minimum absolute atomic E-state index is 0.0530. The van der Waals surface area contributed by atoms with E-state index in [1.807, 2.05) is 37.3 Å².